The lowest BCUT2D eigenvalue weighted by atomic mass is 9.85. The largest absolute Gasteiger partial charge is 0.379 e. The van der Waals surface area contributed by atoms with Gasteiger partial charge in [0.05, 0.1) is 17.8 Å². The molecule has 0 saturated carbocycles. The van der Waals surface area contributed by atoms with E-state index in [1.165, 1.54) is 0 Å². The number of halogens is 2. The van der Waals surface area contributed by atoms with Crippen LogP contribution in [0.3, 0.4) is 0 Å². The quantitative estimate of drug-likeness (QED) is 0.626. The van der Waals surface area contributed by atoms with Gasteiger partial charge in [0.2, 0.25) is 5.95 Å². The minimum atomic E-state index is -0.993. The summed E-state index contributed by atoms with van der Waals surface area (Å²) in [5.74, 6) is 1.02. The van der Waals surface area contributed by atoms with Crippen molar-refractivity contribution in [3.05, 3.63) is 40.7 Å². The molecule has 2 aliphatic rings. The van der Waals surface area contributed by atoms with E-state index in [1.54, 1.807) is 10.9 Å². The van der Waals surface area contributed by atoms with Crippen LogP contribution in [-0.2, 0) is 11.8 Å². The highest BCUT2D eigenvalue weighted by atomic mass is 35.5. The molecular weight excluding hydrogens is 431 g/mol. The van der Waals surface area contributed by atoms with Crippen LogP contribution in [0.25, 0.3) is 10.9 Å². The van der Waals surface area contributed by atoms with Gasteiger partial charge in [-0.3, -0.25) is 9.58 Å². The molecule has 170 valence electrons. The fourth-order valence-electron chi connectivity index (χ4n) is 4.90. The number of aryl methyl sites for hydroxylation is 2. The van der Waals surface area contributed by atoms with Crippen LogP contribution in [0.4, 0.5) is 16.2 Å². The Morgan fingerprint density at radius 2 is 2.16 bits per heavy atom. The van der Waals surface area contributed by atoms with Gasteiger partial charge in [-0.05, 0) is 50.9 Å². The van der Waals surface area contributed by atoms with Crippen LogP contribution in [0.15, 0.2) is 24.4 Å². The molecule has 7 nitrogen and oxygen atoms in total. The predicted octanol–water partition coefficient (Wildman–Crippen LogP) is 4.38. The fraction of sp³-hybridized carbons (Fsp3) is 0.522. The normalized spacial score (nSPS) is 26.7. The van der Waals surface area contributed by atoms with E-state index >= 15 is 4.39 Å². The molecule has 32 heavy (non-hydrogen) atoms. The molecule has 3 unspecified atom stereocenters. The highest BCUT2D eigenvalue weighted by Crippen LogP contribution is 2.39. The first-order chi connectivity index (χ1) is 15.3. The van der Waals surface area contributed by atoms with Crippen molar-refractivity contribution >= 4 is 34.3 Å². The van der Waals surface area contributed by atoms with E-state index < -0.39 is 6.17 Å². The van der Waals surface area contributed by atoms with Crippen molar-refractivity contribution in [1.82, 2.24) is 24.6 Å². The lowest BCUT2D eigenvalue weighted by Crippen LogP contribution is -2.53. The Labute approximate surface area is 191 Å². The third-order valence-electron chi connectivity index (χ3n) is 6.84. The van der Waals surface area contributed by atoms with Gasteiger partial charge in [-0.2, -0.15) is 5.10 Å². The molecule has 9 heteroatoms. The van der Waals surface area contributed by atoms with Crippen LogP contribution in [0.2, 0.25) is 5.02 Å². The monoisotopic (exact) mass is 458 g/mol. The first-order valence-electron chi connectivity index (χ1n) is 11.0. The van der Waals surface area contributed by atoms with E-state index in [9.17, 15) is 0 Å². The van der Waals surface area contributed by atoms with Crippen LogP contribution in [0, 0.1) is 6.92 Å². The number of nitrogens with zero attached hydrogens (tertiary/aromatic N) is 5. The highest BCUT2D eigenvalue weighted by Gasteiger charge is 2.41. The van der Waals surface area contributed by atoms with Gasteiger partial charge < -0.3 is 10.1 Å². The van der Waals surface area contributed by atoms with E-state index in [-0.39, 0.29) is 11.5 Å². The number of alkyl halides is 1. The molecule has 2 saturated heterocycles. The van der Waals surface area contributed by atoms with Crippen LogP contribution in [-0.4, -0.2) is 62.7 Å². The van der Waals surface area contributed by atoms with Crippen molar-refractivity contribution in [3.63, 3.8) is 0 Å². The topological polar surface area (TPSA) is 68.1 Å². The van der Waals surface area contributed by atoms with Crippen molar-refractivity contribution in [2.45, 2.75) is 44.3 Å². The van der Waals surface area contributed by atoms with Crippen molar-refractivity contribution in [2.75, 3.05) is 31.6 Å². The van der Waals surface area contributed by atoms with Crippen LogP contribution in [0.5, 0.6) is 0 Å². The molecule has 2 aromatic heterocycles. The number of piperidine rings is 1. The lowest BCUT2D eigenvalue weighted by molar-refractivity contribution is 0.0228. The van der Waals surface area contributed by atoms with Crippen LogP contribution in [0.1, 0.15) is 36.9 Å². The summed E-state index contributed by atoms with van der Waals surface area (Å²) in [7, 11) is 1.86. The summed E-state index contributed by atoms with van der Waals surface area (Å²) in [6, 6.07) is 5.69. The summed E-state index contributed by atoms with van der Waals surface area (Å²) in [6.07, 6.45) is 2.41. The first kappa shape index (κ1) is 21.6. The Balaban J connectivity index is 1.40. The van der Waals surface area contributed by atoms with E-state index in [2.05, 4.69) is 32.2 Å². The second-order valence-electron chi connectivity index (χ2n) is 9.20. The number of aromatic nitrogens is 4. The smallest absolute Gasteiger partial charge is 0.228 e. The molecule has 4 heterocycles. The summed E-state index contributed by atoms with van der Waals surface area (Å²) in [6.45, 7) is 6.75. The third kappa shape index (κ3) is 3.95. The Morgan fingerprint density at radius 1 is 1.31 bits per heavy atom. The van der Waals surface area contributed by atoms with Gasteiger partial charge in [0.25, 0.3) is 0 Å². The molecule has 5 rings (SSSR count). The number of ether oxygens (including phenoxy) is 1. The molecular formula is C23H28ClFN6O. The Kier molecular flexibility index (Phi) is 5.55. The molecule has 0 bridgehead atoms. The molecule has 0 aliphatic carbocycles. The van der Waals surface area contributed by atoms with Crippen molar-refractivity contribution < 1.29 is 9.13 Å². The molecule has 0 amide bonds. The zero-order valence-electron chi connectivity index (χ0n) is 18.6. The molecule has 0 radical (unpaired) electrons. The second kappa shape index (κ2) is 8.24. The number of nitrogens with one attached hydrogen (secondary N) is 1. The average Bonchev–Trinajstić information content (AvgIpc) is 3.33. The predicted molar refractivity (Wildman–Crippen MR) is 123 cm³/mol. The number of likely N-dealkylation sites (tertiary alicyclic amines) is 1. The molecule has 2 fully saturated rings. The van der Waals surface area contributed by atoms with E-state index in [0.717, 1.165) is 47.6 Å². The molecule has 0 spiro atoms. The summed E-state index contributed by atoms with van der Waals surface area (Å²) in [5.41, 5.74) is 2.40. The fourth-order valence-corrected chi connectivity index (χ4v) is 5.22. The maximum atomic E-state index is 15.4. The summed E-state index contributed by atoms with van der Waals surface area (Å²) < 4.78 is 22.7. The molecule has 2 aliphatic heterocycles. The van der Waals surface area contributed by atoms with Gasteiger partial charge >= 0.3 is 0 Å². The van der Waals surface area contributed by atoms with Crippen LogP contribution < -0.4 is 5.32 Å². The lowest BCUT2D eigenvalue weighted by Gasteiger charge is -2.43. The first-order valence-corrected chi connectivity index (χ1v) is 11.4. The maximum absolute atomic E-state index is 15.4. The zero-order valence-corrected chi connectivity index (χ0v) is 19.4. The summed E-state index contributed by atoms with van der Waals surface area (Å²) >= 11 is 6.60. The van der Waals surface area contributed by atoms with E-state index in [1.807, 2.05) is 32.2 Å². The highest BCUT2D eigenvalue weighted by molar-refractivity contribution is 6.32. The van der Waals surface area contributed by atoms with E-state index in [4.69, 9.17) is 16.3 Å². The number of hydrogen-bond acceptors (Lipinski definition) is 6. The summed E-state index contributed by atoms with van der Waals surface area (Å²) in [5, 5.41) is 8.93. The second-order valence-corrected chi connectivity index (χ2v) is 9.61. The minimum absolute atomic E-state index is 0.0690. The number of anilines is 2. The van der Waals surface area contributed by atoms with Gasteiger partial charge in [-0.15, -0.1) is 0 Å². The Hall–Kier alpha value is -2.29. The number of hydrogen-bond donors (Lipinski definition) is 1. The van der Waals surface area contributed by atoms with E-state index in [0.29, 0.717) is 30.5 Å². The van der Waals surface area contributed by atoms with Crippen molar-refractivity contribution in [2.24, 2.45) is 7.05 Å². The average molecular weight is 459 g/mol. The SMILES string of the molecule is Cc1cc(Nc2ncc3cc(Cl)c(C4CCN(C5(C)CCOC5)CC4F)cc3n2)n(C)n1. The Bertz CT molecular complexity index is 1140. The summed E-state index contributed by atoms with van der Waals surface area (Å²) in [4.78, 5) is 11.3. The van der Waals surface area contributed by atoms with Crippen LogP contribution >= 0.6 is 11.6 Å². The standard InChI is InChI=1S/C23H28ClFN6O/c1-14-8-21(30(3)29-14)28-22-26-11-15-9-18(24)17(10-20(15)27-22)16-4-6-31(12-19(16)25)23(2)5-7-32-13-23/h8-11,16,19H,4-7,12-13H2,1-3H3,(H,26,27,28). The van der Waals surface area contributed by atoms with Gasteiger partial charge in [0.15, 0.2) is 0 Å². The van der Waals surface area contributed by atoms with Crippen molar-refractivity contribution in [1.29, 1.82) is 0 Å². The molecule has 3 atom stereocenters. The van der Waals surface area contributed by atoms with Gasteiger partial charge in [0, 0.05) is 54.3 Å². The minimum Gasteiger partial charge on any atom is -0.379 e. The molecule has 1 N–H and O–H groups in total. The number of benzene rings is 1. The van der Waals surface area contributed by atoms with Gasteiger partial charge in [0.1, 0.15) is 12.0 Å². The third-order valence-corrected chi connectivity index (χ3v) is 7.17. The Morgan fingerprint density at radius 3 is 2.84 bits per heavy atom. The maximum Gasteiger partial charge on any atom is 0.228 e. The van der Waals surface area contributed by atoms with Gasteiger partial charge in [-0.25, -0.2) is 14.4 Å². The zero-order chi connectivity index (χ0) is 22.5. The molecule has 3 aromatic rings. The number of rotatable bonds is 4. The van der Waals surface area contributed by atoms with Gasteiger partial charge in [-0.1, -0.05) is 11.6 Å². The van der Waals surface area contributed by atoms with Crippen molar-refractivity contribution in [3.8, 4) is 0 Å². The molecule has 1 aromatic carbocycles. The number of fused-ring (bicyclic) bond motifs is 1.